The van der Waals surface area contributed by atoms with Gasteiger partial charge in [0.05, 0.1) is 17.8 Å². The second-order valence-corrected chi connectivity index (χ2v) is 5.87. The van der Waals surface area contributed by atoms with E-state index in [1.54, 1.807) is 12.1 Å². The number of ether oxygens (including phenoxy) is 2. The Balaban J connectivity index is 2.05. The van der Waals surface area contributed by atoms with Crippen LogP contribution in [0.5, 0.6) is 11.5 Å². The number of methoxy groups -OCH3 is 1. The summed E-state index contributed by atoms with van der Waals surface area (Å²) in [5, 5.41) is 6.24. The zero-order valence-corrected chi connectivity index (χ0v) is 15.0. The average molecular weight is 392 g/mol. The fourth-order valence-corrected chi connectivity index (χ4v) is 2.59. The molecule has 0 saturated heterocycles. The van der Waals surface area contributed by atoms with Gasteiger partial charge in [-0.15, -0.1) is 0 Å². The summed E-state index contributed by atoms with van der Waals surface area (Å²) in [6.07, 6.45) is 1.49. The second kappa shape index (κ2) is 8.35. The number of carbonyl (C=O) groups excluding carboxylic acids is 1. The van der Waals surface area contributed by atoms with Gasteiger partial charge >= 0.3 is 0 Å². The number of hydrogen-bond donors (Lipinski definition) is 2. The lowest BCUT2D eigenvalue weighted by molar-refractivity contribution is -0.118. The number of hydrazone groups is 1. The van der Waals surface area contributed by atoms with Crippen LogP contribution in [-0.2, 0) is 4.79 Å². The van der Waals surface area contributed by atoms with Gasteiger partial charge in [-0.05, 0) is 52.7 Å². The standard InChI is InChI=1S/C17H18BrN3O3/c1-11-3-5-13(6-4-11)21-16(22)10-24-17-14(18)7-12(9-20-19)8-15(17)23-2/h3-9H,10,19H2,1-2H3,(H,21,22). The first-order valence-electron chi connectivity index (χ1n) is 7.13. The molecule has 0 aliphatic rings. The number of nitrogens with two attached hydrogens (primary N) is 1. The Labute approximate surface area is 148 Å². The normalized spacial score (nSPS) is 10.6. The summed E-state index contributed by atoms with van der Waals surface area (Å²) < 4.78 is 11.5. The van der Waals surface area contributed by atoms with Crippen molar-refractivity contribution in [1.82, 2.24) is 0 Å². The van der Waals surface area contributed by atoms with Gasteiger partial charge in [-0.25, -0.2) is 0 Å². The molecule has 24 heavy (non-hydrogen) atoms. The number of benzene rings is 2. The third-order valence-corrected chi connectivity index (χ3v) is 3.75. The topological polar surface area (TPSA) is 85.9 Å². The SMILES string of the molecule is COc1cc(C=NN)cc(Br)c1OCC(=O)Nc1ccc(C)cc1. The van der Waals surface area contributed by atoms with E-state index in [1.807, 2.05) is 31.2 Å². The third kappa shape index (κ3) is 4.73. The Morgan fingerprint density at radius 2 is 2.04 bits per heavy atom. The van der Waals surface area contributed by atoms with E-state index in [0.717, 1.165) is 16.8 Å². The number of nitrogens with zero attached hydrogens (tertiary/aromatic N) is 1. The van der Waals surface area contributed by atoms with Crippen molar-refractivity contribution < 1.29 is 14.3 Å². The van der Waals surface area contributed by atoms with Gasteiger partial charge in [0.1, 0.15) is 0 Å². The van der Waals surface area contributed by atoms with E-state index in [-0.39, 0.29) is 12.5 Å². The van der Waals surface area contributed by atoms with E-state index < -0.39 is 0 Å². The summed E-state index contributed by atoms with van der Waals surface area (Å²) in [5.41, 5.74) is 2.59. The molecular weight excluding hydrogens is 374 g/mol. The van der Waals surface area contributed by atoms with Crippen molar-refractivity contribution in [3.05, 3.63) is 52.0 Å². The van der Waals surface area contributed by atoms with Crippen molar-refractivity contribution in [1.29, 1.82) is 0 Å². The first-order valence-corrected chi connectivity index (χ1v) is 7.93. The van der Waals surface area contributed by atoms with Crippen LogP contribution in [0.1, 0.15) is 11.1 Å². The number of carbonyl (C=O) groups is 1. The Hall–Kier alpha value is -2.54. The van der Waals surface area contributed by atoms with Gasteiger partial charge in [-0.1, -0.05) is 17.7 Å². The number of aryl methyl sites for hydroxylation is 1. The van der Waals surface area contributed by atoms with Crippen molar-refractivity contribution in [2.45, 2.75) is 6.92 Å². The van der Waals surface area contributed by atoms with Crippen LogP contribution in [0.25, 0.3) is 0 Å². The smallest absolute Gasteiger partial charge is 0.262 e. The highest BCUT2D eigenvalue weighted by atomic mass is 79.9. The predicted molar refractivity (Wildman–Crippen MR) is 97.8 cm³/mol. The second-order valence-electron chi connectivity index (χ2n) is 5.02. The lowest BCUT2D eigenvalue weighted by Gasteiger charge is -2.13. The van der Waals surface area contributed by atoms with Crippen LogP contribution >= 0.6 is 15.9 Å². The van der Waals surface area contributed by atoms with Crippen molar-refractivity contribution in [2.24, 2.45) is 10.9 Å². The van der Waals surface area contributed by atoms with Crippen LogP contribution in [0.4, 0.5) is 5.69 Å². The molecule has 126 valence electrons. The van der Waals surface area contributed by atoms with Gasteiger partial charge in [-0.3, -0.25) is 4.79 Å². The Bertz CT molecular complexity index is 745. The van der Waals surface area contributed by atoms with E-state index >= 15 is 0 Å². The first-order chi connectivity index (χ1) is 11.5. The van der Waals surface area contributed by atoms with Crippen LogP contribution in [0.15, 0.2) is 46.0 Å². The molecule has 0 saturated carbocycles. The molecule has 1 amide bonds. The third-order valence-electron chi connectivity index (χ3n) is 3.16. The molecule has 0 bridgehead atoms. The van der Waals surface area contributed by atoms with E-state index in [0.29, 0.717) is 16.0 Å². The van der Waals surface area contributed by atoms with Crippen LogP contribution in [0.3, 0.4) is 0 Å². The zero-order chi connectivity index (χ0) is 17.5. The van der Waals surface area contributed by atoms with Crippen molar-refractivity contribution >= 4 is 33.7 Å². The first kappa shape index (κ1) is 17.8. The number of anilines is 1. The number of amides is 1. The van der Waals surface area contributed by atoms with Gasteiger partial charge in [-0.2, -0.15) is 5.10 Å². The molecule has 0 radical (unpaired) electrons. The molecule has 0 heterocycles. The summed E-state index contributed by atoms with van der Waals surface area (Å²) in [4.78, 5) is 12.0. The minimum absolute atomic E-state index is 0.146. The largest absolute Gasteiger partial charge is 0.493 e. The molecule has 2 rings (SSSR count). The molecule has 7 heteroatoms. The monoisotopic (exact) mass is 391 g/mol. The van der Waals surface area contributed by atoms with E-state index in [2.05, 4.69) is 26.3 Å². The van der Waals surface area contributed by atoms with Gasteiger partial charge in [0, 0.05) is 5.69 Å². The molecule has 0 spiro atoms. The zero-order valence-electron chi connectivity index (χ0n) is 13.4. The maximum absolute atomic E-state index is 12.0. The molecular formula is C17H18BrN3O3. The Morgan fingerprint density at radius 1 is 1.33 bits per heavy atom. The highest BCUT2D eigenvalue weighted by Gasteiger charge is 2.13. The van der Waals surface area contributed by atoms with Gasteiger partial charge in [0.2, 0.25) is 0 Å². The number of hydrogen-bond acceptors (Lipinski definition) is 5. The lowest BCUT2D eigenvalue weighted by atomic mass is 10.2. The number of rotatable bonds is 6. The molecule has 0 unspecified atom stereocenters. The fraction of sp³-hybridized carbons (Fsp3) is 0.176. The quantitative estimate of drug-likeness (QED) is 0.450. The molecule has 0 fully saturated rings. The molecule has 0 atom stereocenters. The van der Waals surface area contributed by atoms with E-state index in [1.165, 1.54) is 13.3 Å². The summed E-state index contributed by atoms with van der Waals surface area (Å²) in [6, 6.07) is 11.0. The minimum Gasteiger partial charge on any atom is -0.493 e. The molecule has 2 aromatic carbocycles. The van der Waals surface area contributed by atoms with Crippen molar-refractivity contribution in [3.8, 4) is 11.5 Å². The maximum atomic E-state index is 12.0. The van der Waals surface area contributed by atoms with Crippen LogP contribution in [0, 0.1) is 6.92 Å². The average Bonchev–Trinajstić information content (AvgIpc) is 2.56. The van der Waals surface area contributed by atoms with Gasteiger partial charge in [0.25, 0.3) is 5.91 Å². The maximum Gasteiger partial charge on any atom is 0.262 e. The number of nitrogens with one attached hydrogen (secondary N) is 1. The van der Waals surface area contributed by atoms with Crippen LogP contribution in [-0.4, -0.2) is 25.8 Å². The summed E-state index contributed by atoms with van der Waals surface area (Å²) in [6.45, 7) is 1.84. The molecule has 0 aliphatic heterocycles. The highest BCUT2D eigenvalue weighted by molar-refractivity contribution is 9.10. The Morgan fingerprint density at radius 3 is 2.67 bits per heavy atom. The van der Waals surface area contributed by atoms with E-state index in [9.17, 15) is 4.79 Å². The minimum atomic E-state index is -0.264. The van der Waals surface area contributed by atoms with Crippen LogP contribution in [0.2, 0.25) is 0 Å². The molecule has 6 nitrogen and oxygen atoms in total. The van der Waals surface area contributed by atoms with Crippen molar-refractivity contribution in [2.75, 3.05) is 19.0 Å². The van der Waals surface area contributed by atoms with E-state index in [4.69, 9.17) is 15.3 Å². The summed E-state index contributed by atoms with van der Waals surface area (Å²) in [5.74, 6) is 5.80. The van der Waals surface area contributed by atoms with Gasteiger partial charge < -0.3 is 20.6 Å². The lowest BCUT2D eigenvalue weighted by Crippen LogP contribution is -2.20. The predicted octanol–water partition coefficient (Wildman–Crippen LogP) is 3.08. The number of halogens is 1. The fourth-order valence-electron chi connectivity index (χ4n) is 2.01. The Kier molecular flexibility index (Phi) is 6.20. The summed E-state index contributed by atoms with van der Waals surface area (Å²) in [7, 11) is 1.52. The van der Waals surface area contributed by atoms with Crippen LogP contribution < -0.4 is 20.6 Å². The molecule has 0 aromatic heterocycles. The van der Waals surface area contributed by atoms with Crippen molar-refractivity contribution in [3.63, 3.8) is 0 Å². The molecule has 0 aliphatic carbocycles. The molecule has 3 N–H and O–H groups in total. The molecule has 2 aromatic rings. The summed E-state index contributed by atoms with van der Waals surface area (Å²) >= 11 is 3.39. The highest BCUT2D eigenvalue weighted by Crippen LogP contribution is 2.36. The van der Waals surface area contributed by atoms with Gasteiger partial charge in [0.15, 0.2) is 18.1 Å².